The molecule has 0 saturated carbocycles. The molecule has 0 aliphatic carbocycles. The normalized spacial score (nSPS) is 10.9. The number of benzene rings is 4. The van der Waals surface area contributed by atoms with Gasteiger partial charge in [-0.3, -0.25) is 9.69 Å². The fraction of sp³-hybridized carbons (Fsp3) is 0.0370. The van der Waals surface area contributed by atoms with Crippen LogP contribution in [-0.2, 0) is 6.54 Å². The van der Waals surface area contributed by atoms with Gasteiger partial charge in [0.15, 0.2) is 5.13 Å². The van der Waals surface area contributed by atoms with Gasteiger partial charge in [-0.25, -0.2) is 9.37 Å². The van der Waals surface area contributed by atoms with Crippen molar-refractivity contribution in [2.45, 2.75) is 6.54 Å². The molecule has 0 N–H and O–H groups in total. The summed E-state index contributed by atoms with van der Waals surface area (Å²) in [6.07, 6.45) is 0. The van der Waals surface area contributed by atoms with E-state index in [0.717, 1.165) is 16.7 Å². The summed E-state index contributed by atoms with van der Waals surface area (Å²) >= 11 is 1.32. The number of amides is 1. The molecule has 32 heavy (non-hydrogen) atoms. The van der Waals surface area contributed by atoms with Gasteiger partial charge in [0, 0.05) is 5.56 Å². The first-order chi connectivity index (χ1) is 15.7. The van der Waals surface area contributed by atoms with Gasteiger partial charge in [0.2, 0.25) is 0 Å². The number of anilines is 1. The number of thiazole rings is 1. The third-order valence-electron chi connectivity index (χ3n) is 5.26. The summed E-state index contributed by atoms with van der Waals surface area (Å²) < 4.78 is 15.0. The summed E-state index contributed by atoms with van der Waals surface area (Å²) in [6.45, 7) is 0.349. The Hall–Kier alpha value is -3.83. The van der Waals surface area contributed by atoms with E-state index in [1.165, 1.54) is 17.4 Å². The van der Waals surface area contributed by atoms with Gasteiger partial charge in [0.25, 0.3) is 5.91 Å². The van der Waals surface area contributed by atoms with Crippen LogP contribution in [0, 0.1) is 5.82 Å². The number of halogens is 1. The number of carbonyl (C=O) groups excluding carboxylic acids is 1. The molecule has 156 valence electrons. The molecule has 0 spiro atoms. The Balaban J connectivity index is 1.52. The van der Waals surface area contributed by atoms with Gasteiger partial charge >= 0.3 is 0 Å². The van der Waals surface area contributed by atoms with Gasteiger partial charge in [-0.1, -0.05) is 90.2 Å². The van der Waals surface area contributed by atoms with Crippen LogP contribution in [0.4, 0.5) is 9.52 Å². The van der Waals surface area contributed by atoms with Gasteiger partial charge in [-0.2, -0.15) is 0 Å². The highest BCUT2D eigenvalue weighted by molar-refractivity contribution is 7.22. The van der Waals surface area contributed by atoms with E-state index < -0.39 is 0 Å². The maximum absolute atomic E-state index is 14.3. The molecule has 1 amide bonds. The summed E-state index contributed by atoms with van der Waals surface area (Å²) in [7, 11) is 0. The third kappa shape index (κ3) is 4.03. The first kappa shape index (κ1) is 20.1. The Morgan fingerprint density at radius 2 is 1.44 bits per heavy atom. The second-order valence-electron chi connectivity index (χ2n) is 7.40. The number of carbonyl (C=O) groups is 1. The molecule has 0 atom stereocenters. The Labute approximate surface area is 189 Å². The average Bonchev–Trinajstić information content (AvgIpc) is 3.29. The van der Waals surface area contributed by atoms with E-state index in [0.29, 0.717) is 21.9 Å². The molecule has 0 aliphatic heterocycles. The lowest BCUT2D eigenvalue weighted by molar-refractivity contribution is 0.0985. The van der Waals surface area contributed by atoms with E-state index in [9.17, 15) is 9.18 Å². The zero-order chi connectivity index (χ0) is 21.9. The molecule has 0 aliphatic rings. The first-order valence-electron chi connectivity index (χ1n) is 10.3. The highest BCUT2D eigenvalue weighted by Gasteiger charge is 2.22. The van der Waals surface area contributed by atoms with Crippen LogP contribution >= 0.6 is 11.3 Å². The summed E-state index contributed by atoms with van der Waals surface area (Å²) in [4.78, 5) is 19.6. The molecule has 3 nitrogen and oxygen atoms in total. The molecule has 0 radical (unpaired) electrons. The Kier molecular flexibility index (Phi) is 5.48. The van der Waals surface area contributed by atoms with Gasteiger partial charge in [-0.05, 0) is 41.0 Å². The second kappa shape index (κ2) is 8.73. The van der Waals surface area contributed by atoms with E-state index in [1.54, 1.807) is 11.0 Å². The summed E-state index contributed by atoms with van der Waals surface area (Å²) in [5, 5.41) is 0.478. The molecule has 1 heterocycles. The number of hydrogen-bond acceptors (Lipinski definition) is 3. The Morgan fingerprint density at radius 3 is 2.12 bits per heavy atom. The van der Waals surface area contributed by atoms with E-state index >= 15 is 0 Å². The van der Waals surface area contributed by atoms with Crippen molar-refractivity contribution in [1.82, 2.24) is 4.98 Å². The minimum Gasteiger partial charge on any atom is -0.279 e. The highest BCUT2D eigenvalue weighted by atomic mass is 32.1. The first-order valence-corrected chi connectivity index (χ1v) is 11.1. The molecule has 0 bridgehead atoms. The van der Waals surface area contributed by atoms with Crippen molar-refractivity contribution in [3.8, 4) is 11.1 Å². The second-order valence-corrected chi connectivity index (χ2v) is 8.41. The molecule has 0 unspecified atom stereocenters. The molecule has 5 heteroatoms. The summed E-state index contributed by atoms with van der Waals surface area (Å²) in [5.74, 6) is -0.558. The molecule has 4 aromatic carbocycles. The van der Waals surface area contributed by atoms with E-state index in [-0.39, 0.29) is 17.2 Å². The van der Waals surface area contributed by atoms with Crippen molar-refractivity contribution in [2.24, 2.45) is 0 Å². The van der Waals surface area contributed by atoms with Crippen LogP contribution in [-0.4, -0.2) is 10.9 Å². The van der Waals surface area contributed by atoms with Crippen molar-refractivity contribution in [3.63, 3.8) is 0 Å². The predicted molar refractivity (Wildman–Crippen MR) is 128 cm³/mol. The largest absolute Gasteiger partial charge is 0.279 e. The number of aromatic nitrogens is 1. The predicted octanol–water partition coefficient (Wildman–Crippen LogP) is 6.95. The van der Waals surface area contributed by atoms with Crippen molar-refractivity contribution in [3.05, 3.63) is 120 Å². The van der Waals surface area contributed by atoms with Crippen molar-refractivity contribution in [2.75, 3.05) is 4.90 Å². The number of fused-ring (bicyclic) bond motifs is 1. The molecular weight excluding hydrogens is 419 g/mol. The number of nitrogens with zero attached hydrogens (tertiary/aromatic N) is 2. The zero-order valence-electron chi connectivity index (χ0n) is 17.1. The van der Waals surface area contributed by atoms with Crippen LogP contribution in [0.3, 0.4) is 0 Å². The van der Waals surface area contributed by atoms with Crippen molar-refractivity contribution < 1.29 is 9.18 Å². The van der Waals surface area contributed by atoms with Gasteiger partial charge in [0.1, 0.15) is 11.3 Å². The van der Waals surface area contributed by atoms with Gasteiger partial charge in [-0.15, -0.1) is 0 Å². The maximum Gasteiger partial charge on any atom is 0.260 e. The number of para-hydroxylation sites is 1. The lowest BCUT2D eigenvalue weighted by atomic mass is 10.0. The standard InChI is InChI=1S/C27H19FN2OS/c28-23-12-7-13-24-25(23)29-27(32-24)30(18-19-8-3-1-4-9-19)26(31)22-16-14-21(15-17-22)20-10-5-2-6-11-20/h1-17H,18H2. The monoisotopic (exact) mass is 438 g/mol. The summed E-state index contributed by atoms with van der Waals surface area (Å²) in [6, 6.07) is 32.2. The molecule has 0 saturated heterocycles. The molecule has 5 aromatic rings. The van der Waals surface area contributed by atoms with Crippen LogP contribution in [0.5, 0.6) is 0 Å². The highest BCUT2D eigenvalue weighted by Crippen LogP contribution is 2.32. The van der Waals surface area contributed by atoms with Crippen molar-refractivity contribution in [1.29, 1.82) is 0 Å². The maximum atomic E-state index is 14.3. The van der Waals surface area contributed by atoms with Crippen LogP contribution in [0.2, 0.25) is 0 Å². The smallest absolute Gasteiger partial charge is 0.260 e. The van der Waals surface area contributed by atoms with Crippen molar-refractivity contribution >= 4 is 32.6 Å². The zero-order valence-corrected chi connectivity index (χ0v) is 17.9. The Morgan fingerprint density at radius 1 is 0.781 bits per heavy atom. The average molecular weight is 439 g/mol. The molecular formula is C27H19FN2OS. The number of hydrogen-bond donors (Lipinski definition) is 0. The Bertz CT molecular complexity index is 1370. The van der Waals surface area contributed by atoms with E-state index in [2.05, 4.69) is 4.98 Å². The summed E-state index contributed by atoms with van der Waals surface area (Å²) in [5.41, 5.74) is 3.95. The molecule has 0 fully saturated rings. The van der Waals surface area contributed by atoms with Crippen LogP contribution in [0.15, 0.2) is 103 Å². The van der Waals surface area contributed by atoms with Gasteiger partial charge in [0.05, 0.1) is 11.2 Å². The van der Waals surface area contributed by atoms with Crippen LogP contribution in [0.1, 0.15) is 15.9 Å². The third-order valence-corrected chi connectivity index (χ3v) is 6.30. The SMILES string of the molecule is O=C(c1ccc(-c2ccccc2)cc1)N(Cc1ccccc1)c1nc2c(F)cccc2s1. The minimum absolute atomic E-state index is 0.173. The quantitative estimate of drug-likeness (QED) is 0.297. The number of rotatable bonds is 5. The van der Waals surface area contributed by atoms with E-state index in [4.69, 9.17) is 0 Å². The lowest BCUT2D eigenvalue weighted by Gasteiger charge is -2.20. The lowest BCUT2D eigenvalue weighted by Crippen LogP contribution is -2.30. The fourth-order valence-corrected chi connectivity index (χ4v) is 4.58. The topological polar surface area (TPSA) is 33.2 Å². The minimum atomic E-state index is -0.385. The van der Waals surface area contributed by atoms with Gasteiger partial charge < -0.3 is 0 Å². The van der Waals surface area contributed by atoms with E-state index in [1.807, 2.05) is 91.0 Å². The van der Waals surface area contributed by atoms with Crippen LogP contribution in [0.25, 0.3) is 21.3 Å². The van der Waals surface area contributed by atoms with Crippen LogP contribution < -0.4 is 4.90 Å². The molecule has 5 rings (SSSR count). The molecule has 1 aromatic heterocycles. The fourth-order valence-electron chi connectivity index (χ4n) is 3.60.